The van der Waals surface area contributed by atoms with Gasteiger partial charge >= 0.3 is 0 Å². The summed E-state index contributed by atoms with van der Waals surface area (Å²) in [6.45, 7) is 1.79. The van der Waals surface area contributed by atoms with Crippen molar-refractivity contribution in [1.82, 2.24) is 5.32 Å². The highest BCUT2D eigenvalue weighted by atomic mass is 35.5. The Morgan fingerprint density at radius 1 is 1.31 bits per heavy atom. The lowest BCUT2D eigenvalue weighted by atomic mass is 9.87. The number of rotatable bonds is 3. The Morgan fingerprint density at radius 3 is 2.81 bits per heavy atom. The van der Waals surface area contributed by atoms with Crippen LogP contribution >= 0.6 is 23.2 Å². The molecule has 0 saturated carbocycles. The number of carbonyl (C=O) groups excluding carboxylic acids is 1. The number of hydrogen-bond acceptors (Lipinski definition) is 2. The van der Waals surface area contributed by atoms with Crippen LogP contribution in [0.15, 0.2) is 18.2 Å². The normalized spacial score (nSPS) is 24.6. The first kappa shape index (κ1) is 11.9. The molecule has 1 aliphatic rings. The molecule has 2 rings (SSSR count). The predicted octanol–water partition coefficient (Wildman–Crippen LogP) is 2.89. The molecular weight excluding hydrogens is 245 g/mol. The highest BCUT2D eigenvalue weighted by Crippen LogP contribution is 2.33. The van der Waals surface area contributed by atoms with Crippen LogP contribution in [0.1, 0.15) is 17.9 Å². The van der Waals surface area contributed by atoms with Crippen LogP contribution in [0.5, 0.6) is 0 Å². The molecule has 1 fully saturated rings. The maximum atomic E-state index is 10.6. The van der Waals surface area contributed by atoms with Gasteiger partial charge in [-0.1, -0.05) is 29.3 Å². The van der Waals surface area contributed by atoms with Gasteiger partial charge < -0.3 is 10.1 Å². The second-order valence-electron chi connectivity index (χ2n) is 4.10. The van der Waals surface area contributed by atoms with Crippen molar-refractivity contribution in [2.75, 3.05) is 13.1 Å². The minimum absolute atomic E-state index is 0.361. The van der Waals surface area contributed by atoms with E-state index in [0.29, 0.717) is 28.3 Å². The molecule has 0 amide bonds. The quantitative estimate of drug-likeness (QED) is 0.844. The van der Waals surface area contributed by atoms with E-state index in [9.17, 15) is 4.79 Å². The molecule has 1 aromatic carbocycles. The van der Waals surface area contributed by atoms with Crippen LogP contribution in [0.25, 0.3) is 0 Å². The predicted molar refractivity (Wildman–Crippen MR) is 66.2 cm³/mol. The molecule has 2 atom stereocenters. The summed E-state index contributed by atoms with van der Waals surface area (Å²) in [5.41, 5.74) is 1.16. The van der Waals surface area contributed by atoms with Crippen molar-refractivity contribution in [2.45, 2.75) is 12.3 Å². The van der Waals surface area contributed by atoms with Gasteiger partial charge in [-0.25, -0.2) is 0 Å². The van der Waals surface area contributed by atoms with E-state index < -0.39 is 0 Å². The topological polar surface area (TPSA) is 29.1 Å². The van der Waals surface area contributed by atoms with Gasteiger partial charge in [0.15, 0.2) is 0 Å². The lowest BCUT2D eigenvalue weighted by molar-refractivity contribution is -0.108. The first-order valence-corrected chi connectivity index (χ1v) is 6.07. The number of carbonyl (C=O) groups is 1. The van der Waals surface area contributed by atoms with Gasteiger partial charge in [-0.05, 0) is 30.2 Å². The van der Waals surface area contributed by atoms with Crippen molar-refractivity contribution in [3.63, 3.8) is 0 Å². The van der Waals surface area contributed by atoms with E-state index >= 15 is 0 Å². The fourth-order valence-corrected chi connectivity index (χ4v) is 2.54. The van der Waals surface area contributed by atoms with Gasteiger partial charge in [0.1, 0.15) is 6.29 Å². The maximum absolute atomic E-state index is 10.6. The molecule has 0 spiro atoms. The van der Waals surface area contributed by atoms with Gasteiger partial charge in [-0.15, -0.1) is 0 Å². The first-order valence-electron chi connectivity index (χ1n) is 5.31. The minimum Gasteiger partial charge on any atom is -0.316 e. The van der Waals surface area contributed by atoms with Crippen molar-refractivity contribution in [3.8, 4) is 0 Å². The lowest BCUT2D eigenvalue weighted by Crippen LogP contribution is -2.11. The van der Waals surface area contributed by atoms with E-state index in [1.54, 1.807) is 0 Å². The van der Waals surface area contributed by atoms with E-state index in [4.69, 9.17) is 23.2 Å². The van der Waals surface area contributed by atoms with Gasteiger partial charge in [0.05, 0.1) is 10.0 Å². The molecule has 0 radical (unpaired) electrons. The third-order valence-corrected chi connectivity index (χ3v) is 3.85. The third-order valence-electron chi connectivity index (χ3n) is 3.11. The minimum atomic E-state index is 0.361. The molecule has 1 N–H and O–H groups in total. The Morgan fingerprint density at radius 2 is 2.12 bits per heavy atom. The maximum Gasteiger partial charge on any atom is 0.120 e. The van der Waals surface area contributed by atoms with Gasteiger partial charge in [-0.2, -0.15) is 0 Å². The SMILES string of the molecule is O=CC[C@@H]1CNC[C@@H]1c1ccc(Cl)c(Cl)c1. The van der Waals surface area contributed by atoms with Crippen LogP contribution in [0, 0.1) is 5.92 Å². The van der Waals surface area contributed by atoms with Gasteiger partial charge in [0, 0.05) is 18.9 Å². The Hall–Kier alpha value is -0.570. The Labute approximate surface area is 105 Å². The fourth-order valence-electron chi connectivity index (χ4n) is 2.24. The zero-order chi connectivity index (χ0) is 11.5. The largest absolute Gasteiger partial charge is 0.316 e. The summed E-state index contributed by atoms with van der Waals surface area (Å²) in [6, 6.07) is 5.71. The number of aldehydes is 1. The summed E-state index contributed by atoms with van der Waals surface area (Å²) in [6.07, 6.45) is 1.58. The molecule has 1 aromatic rings. The highest BCUT2D eigenvalue weighted by molar-refractivity contribution is 6.42. The number of halogens is 2. The van der Waals surface area contributed by atoms with Crippen LogP contribution in [-0.4, -0.2) is 19.4 Å². The van der Waals surface area contributed by atoms with Crippen LogP contribution in [-0.2, 0) is 4.79 Å². The van der Waals surface area contributed by atoms with E-state index in [1.807, 2.05) is 18.2 Å². The zero-order valence-corrected chi connectivity index (χ0v) is 10.3. The van der Waals surface area contributed by atoms with Gasteiger partial charge in [0.2, 0.25) is 0 Å². The Bertz CT molecular complexity index is 395. The molecule has 16 heavy (non-hydrogen) atoms. The van der Waals surface area contributed by atoms with Gasteiger partial charge in [-0.3, -0.25) is 0 Å². The van der Waals surface area contributed by atoms with Gasteiger partial charge in [0.25, 0.3) is 0 Å². The van der Waals surface area contributed by atoms with Crippen molar-refractivity contribution < 1.29 is 4.79 Å². The molecule has 86 valence electrons. The molecule has 0 unspecified atom stereocenters. The second-order valence-corrected chi connectivity index (χ2v) is 4.92. The van der Waals surface area contributed by atoms with Crippen molar-refractivity contribution in [2.24, 2.45) is 5.92 Å². The molecule has 1 heterocycles. The molecule has 1 saturated heterocycles. The van der Waals surface area contributed by atoms with Crippen LogP contribution < -0.4 is 5.32 Å². The van der Waals surface area contributed by atoms with Crippen LogP contribution in [0.2, 0.25) is 10.0 Å². The molecule has 4 heteroatoms. The fraction of sp³-hybridized carbons (Fsp3) is 0.417. The summed E-state index contributed by atoms with van der Waals surface area (Å²) in [4.78, 5) is 10.6. The van der Waals surface area contributed by atoms with E-state index in [1.165, 1.54) is 0 Å². The standard InChI is InChI=1S/C12H13Cl2NO/c13-11-2-1-8(5-12(11)14)10-7-15-6-9(10)3-4-16/h1-2,4-5,9-10,15H,3,6-7H2/t9-,10-/m1/s1. The van der Waals surface area contributed by atoms with Crippen molar-refractivity contribution in [3.05, 3.63) is 33.8 Å². The smallest absolute Gasteiger partial charge is 0.120 e. The molecular formula is C12H13Cl2NO. The van der Waals surface area contributed by atoms with E-state index in [-0.39, 0.29) is 0 Å². The third kappa shape index (κ3) is 2.40. The number of hydrogen-bond donors (Lipinski definition) is 1. The Kier molecular flexibility index (Phi) is 3.85. The van der Waals surface area contributed by atoms with E-state index in [0.717, 1.165) is 24.9 Å². The van der Waals surface area contributed by atoms with Crippen LogP contribution in [0.4, 0.5) is 0 Å². The summed E-state index contributed by atoms with van der Waals surface area (Å²) in [5, 5.41) is 4.46. The lowest BCUT2D eigenvalue weighted by Gasteiger charge is -2.17. The monoisotopic (exact) mass is 257 g/mol. The second kappa shape index (κ2) is 5.17. The molecule has 0 aromatic heterocycles. The molecule has 0 aliphatic carbocycles. The van der Waals surface area contributed by atoms with Crippen LogP contribution in [0.3, 0.4) is 0 Å². The average Bonchev–Trinajstić information content (AvgIpc) is 2.71. The molecule has 1 aliphatic heterocycles. The number of benzene rings is 1. The van der Waals surface area contributed by atoms with Crippen molar-refractivity contribution >= 4 is 29.5 Å². The van der Waals surface area contributed by atoms with E-state index in [2.05, 4.69) is 5.32 Å². The zero-order valence-electron chi connectivity index (χ0n) is 8.75. The highest BCUT2D eigenvalue weighted by Gasteiger charge is 2.28. The average molecular weight is 258 g/mol. The first-order chi connectivity index (χ1) is 7.72. The Balaban J connectivity index is 2.22. The summed E-state index contributed by atoms with van der Waals surface area (Å²) >= 11 is 11.9. The summed E-state index contributed by atoms with van der Waals surface area (Å²) in [7, 11) is 0. The van der Waals surface area contributed by atoms with Crippen molar-refractivity contribution in [1.29, 1.82) is 0 Å². The number of nitrogens with one attached hydrogen (secondary N) is 1. The summed E-state index contributed by atoms with van der Waals surface area (Å²) < 4.78 is 0. The molecule has 2 nitrogen and oxygen atoms in total. The molecule has 0 bridgehead atoms. The summed E-state index contributed by atoms with van der Waals surface area (Å²) in [5.74, 6) is 0.731.